The first kappa shape index (κ1) is 14.4. The van der Waals surface area contributed by atoms with Crippen molar-refractivity contribution in [2.24, 2.45) is 0 Å². The SMILES string of the molecule is CC(CO)NS(=O)(=O)c1ccc(O)c(C(=O)O)c1. The van der Waals surface area contributed by atoms with Crippen LogP contribution < -0.4 is 4.72 Å². The van der Waals surface area contributed by atoms with Crippen molar-refractivity contribution < 1.29 is 28.5 Å². The number of aliphatic hydroxyl groups is 1. The van der Waals surface area contributed by atoms with E-state index in [0.717, 1.165) is 18.2 Å². The van der Waals surface area contributed by atoms with Crippen molar-refractivity contribution in [2.75, 3.05) is 6.61 Å². The summed E-state index contributed by atoms with van der Waals surface area (Å²) in [6.45, 7) is 1.07. The average molecular weight is 275 g/mol. The zero-order chi connectivity index (χ0) is 13.9. The predicted octanol–water partition coefficient (Wildman–Crippen LogP) is -0.251. The van der Waals surface area contributed by atoms with Crippen LogP contribution in [-0.4, -0.2) is 42.4 Å². The van der Waals surface area contributed by atoms with Crippen molar-refractivity contribution in [1.82, 2.24) is 4.72 Å². The molecular weight excluding hydrogens is 262 g/mol. The highest BCUT2D eigenvalue weighted by Gasteiger charge is 2.20. The summed E-state index contributed by atoms with van der Waals surface area (Å²) in [5.74, 6) is -1.95. The Balaban J connectivity index is 3.18. The molecule has 1 aromatic rings. The molecule has 1 aromatic carbocycles. The minimum atomic E-state index is -3.93. The quantitative estimate of drug-likeness (QED) is 0.587. The molecule has 18 heavy (non-hydrogen) atoms. The van der Waals surface area contributed by atoms with E-state index in [2.05, 4.69) is 4.72 Å². The molecule has 0 amide bonds. The molecule has 0 bridgehead atoms. The molecule has 100 valence electrons. The summed E-state index contributed by atoms with van der Waals surface area (Å²) in [7, 11) is -3.93. The Hall–Kier alpha value is -1.64. The Labute approximate surface area is 104 Å². The van der Waals surface area contributed by atoms with E-state index in [4.69, 9.17) is 10.2 Å². The third kappa shape index (κ3) is 3.19. The number of aliphatic hydroxyl groups excluding tert-OH is 1. The van der Waals surface area contributed by atoms with Gasteiger partial charge in [0.15, 0.2) is 0 Å². The van der Waals surface area contributed by atoms with Crippen LogP contribution in [0, 0.1) is 0 Å². The molecule has 0 aliphatic heterocycles. The summed E-state index contributed by atoms with van der Waals surface area (Å²) < 4.78 is 25.7. The number of nitrogens with one attached hydrogen (secondary N) is 1. The first-order chi connectivity index (χ1) is 8.27. The minimum absolute atomic E-state index is 0.294. The van der Waals surface area contributed by atoms with Gasteiger partial charge >= 0.3 is 5.97 Å². The van der Waals surface area contributed by atoms with Gasteiger partial charge in [-0.25, -0.2) is 17.9 Å². The van der Waals surface area contributed by atoms with Crippen molar-refractivity contribution in [3.8, 4) is 5.75 Å². The monoisotopic (exact) mass is 275 g/mol. The third-order valence-corrected chi connectivity index (χ3v) is 3.73. The van der Waals surface area contributed by atoms with Crippen LogP contribution in [0.3, 0.4) is 0 Å². The van der Waals surface area contributed by atoms with Gasteiger partial charge in [-0.05, 0) is 25.1 Å². The molecule has 7 nitrogen and oxygen atoms in total. The Bertz CT molecular complexity index is 553. The second-order valence-corrected chi connectivity index (χ2v) is 5.40. The maximum absolute atomic E-state index is 11.8. The van der Waals surface area contributed by atoms with E-state index in [-0.39, 0.29) is 11.5 Å². The molecule has 0 aliphatic carbocycles. The highest BCUT2D eigenvalue weighted by Crippen LogP contribution is 2.21. The fourth-order valence-corrected chi connectivity index (χ4v) is 2.48. The molecule has 0 saturated carbocycles. The van der Waals surface area contributed by atoms with Crippen LogP contribution in [0.25, 0.3) is 0 Å². The summed E-state index contributed by atoms with van der Waals surface area (Å²) in [5.41, 5.74) is -0.505. The smallest absolute Gasteiger partial charge is 0.339 e. The van der Waals surface area contributed by atoms with Crippen LogP contribution in [0.4, 0.5) is 0 Å². The topological polar surface area (TPSA) is 124 Å². The van der Waals surface area contributed by atoms with E-state index in [1.54, 1.807) is 0 Å². The number of sulfonamides is 1. The Morgan fingerprint density at radius 2 is 2.06 bits per heavy atom. The second kappa shape index (κ2) is 5.34. The van der Waals surface area contributed by atoms with Crippen molar-refractivity contribution in [3.63, 3.8) is 0 Å². The molecule has 4 N–H and O–H groups in total. The minimum Gasteiger partial charge on any atom is -0.507 e. The molecule has 0 fully saturated rings. The van der Waals surface area contributed by atoms with Gasteiger partial charge in [-0.3, -0.25) is 0 Å². The lowest BCUT2D eigenvalue weighted by Crippen LogP contribution is -2.35. The van der Waals surface area contributed by atoms with Gasteiger partial charge < -0.3 is 15.3 Å². The molecule has 1 rings (SSSR count). The third-order valence-electron chi connectivity index (χ3n) is 2.14. The summed E-state index contributed by atoms with van der Waals surface area (Å²) in [6, 6.07) is 2.22. The zero-order valence-electron chi connectivity index (χ0n) is 9.49. The average Bonchev–Trinajstić information content (AvgIpc) is 2.28. The maximum Gasteiger partial charge on any atom is 0.339 e. The standard InChI is InChI=1S/C10H13NO6S/c1-6(5-12)11-18(16,17)7-2-3-9(13)8(4-7)10(14)15/h2-4,6,11-13H,5H2,1H3,(H,14,15). The molecule has 0 spiro atoms. The molecule has 1 unspecified atom stereocenters. The van der Waals surface area contributed by atoms with Crippen molar-refractivity contribution in [2.45, 2.75) is 17.9 Å². The number of carboxylic acid groups (broad SMARTS) is 1. The normalized spacial score (nSPS) is 13.2. The van der Waals surface area contributed by atoms with Gasteiger partial charge in [0, 0.05) is 6.04 Å². The van der Waals surface area contributed by atoms with E-state index in [1.165, 1.54) is 6.92 Å². The van der Waals surface area contributed by atoms with Crippen LogP contribution in [-0.2, 0) is 10.0 Å². The van der Waals surface area contributed by atoms with E-state index < -0.39 is 33.3 Å². The number of hydrogen-bond acceptors (Lipinski definition) is 5. The van der Waals surface area contributed by atoms with Crippen molar-refractivity contribution in [3.05, 3.63) is 23.8 Å². The van der Waals surface area contributed by atoms with E-state index in [9.17, 15) is 18.3 Å². The van der Waals surface area contributed by atoms with Gasteiger partial charge in [-0.2, -0.15) is 0 Å². The number of phenols is 1. The van der Waals surface area contributed by atoms with Gasteiger partial charge in [0.1, 0.15) is 11.3 Å². The number of aromatic hydroxyl groups is 1. The van der Waals surface area contributed by atoms with Gasteiger partial charge in [-0.15, -0.1) is 0 Å². The molecule has 0 aliphatic rings. The molecule has 0 saturated heterocycles. The fraction of sp³-hybridized carbons (Fsp3) is 0.300. The fourth-order valence-electron chi connectivity index (χ4n) is 1.22. The lowest BCUT2D eigenvalue weighted by molar-refractivity contribution is 0.0693. The van der Waals surface area contributed by atoms with Crippen LogP contribution in [0.1, 0.15) is 17.3 Å². The van der Waals surface area contributed by atoms with Crippen LogP contribution in [0.5, 0.6) is 5.75 Å². The highest BCUT2D eigenvalue weighted by atomic mass is 32.2. The molecular formula is C10H13NO6S. The molecule has 1 atom stereocenters. The molecule has 8 heteroatoms. The Kier molecular flexibility index (Phi) is 4.28. The number of carbonyl (C=O) groups is 1. The van der Waals surface area contributed by atoms with Gasteiger partial charge in [0.05, 0.1) is 11.5 Å². The summed E-state index contributed by atoms with van der Waals surface area (Å²) in [5, 5.41) is 26.8. The summed E-state index contributed by atoms with van der Waals surface area (Å²) >= 11 is 0. The number of carboxylic acids is 1. The van der Waals surface area contributed by atoms with Gasteiger partial charge in [0.25, 0.3) is 0 Å². The number of aromatic carboxylic acids is 1. The predicted molar refractivity (Wildman–Crippen MR) is 61.9 cm³/mol. The van der Waals surface area contributed by atoms with Crippen LogP contribution >= 0.6 is 0 Å². The largest absolute Gasteiger partial charge is 0.507 e. The van der Waals surface area contributed by atoms with Crippen LogP contribution in [0.15, 0.2) is 23.1 Å². The number of hydrogen-bond donors (Lipinski definition) is 4. The maximum atomic E-state index is 11.8. The number of rotatable bonds is 5. The van der Waals surface area contributed by atoms with Gasteiger partial charge in [-0.1, -0.05) is 0 Å². The first-order valence-corrected chi connectivity index (χ1v) is 6.45. The zero-order valence-corrected chi connectivity index (χ0v) is 10.3. The summed E-state index contributed by atoms with van der Waals surface area (Å²) in [6.07, 6.45) is 0. The molecule has 0 heterocycles. The second-order valence-electron chi connectivity index (χ2n) is 3.69. The van der Waals surface area contributed by atoms with E-state index >= 15 is 0 Å². The van der Waals surface area contributed by atoms with Crippen molar-refractivity contribution >= 4 is 16.0 Å². The highest BCUT2D eigenvalue weighted by molar-refractivity contribution is 7.89. The molecule has 0 aromatic heterocycles. The summed E-state index contributed by atoms with van der Waals surface area (Å²) in [4.78, 5) is 10.5. The van der Waals surface area contributed by atoms with Gasteiger partial charge in [0.2, 0.25) is 10.0 Å². The van der Waals surface area contributed by atoms with Crippen LogP contribution in [0.2, 0.25) is 0 Å². The van der Waals surface area contributed by atoms with Crippen molar-refractivity contribution in [1.29, 1.82) is 0 Å². The lowest BCUT2D eigenvalue weighted by atomic mass is 10.2. The van der Waals surface area contributed by atoms with E-state index in [0.29, 0.717) is 0 Å². The lowest BCUT2D eigenvalue weighted by Gasteiger charge is -2.12. The first-order valence-electron chi connectivity index (χ1n) is 4.97. The molecule has 0 radical (unpaired) electrons. The van der Waals surface area contributed by atoms with E-state index in [1.807, 2.05) is 0 Å². The Morgan fingerprint density at radius 3 is 2.56 bits per heavy atom. The Morgan fingerprint density at radius 1 is 1.44 bits per heavy atom. The number of benzene rings is 1.